The lowest BCUT2D eigenvalue weighted by Gasteiger charge is -2.12. The van der Waals surface area contributed by atoms with E-state index in [0.29, 0.717) is 22.9 Å². The third kappa shape index (κ3) is 4.43. The number of benzene rings is 3. The summed E-state index contributed by atoms with van der Waals surface area (Å²) in [4.78, 5) is 9.07. The minimum atomic E-state index is -4.42. The summed E-state index contributed by atoms with van der Waals surface area (Å²) >= 11 is 0. The second-order valence-electron chi connectivity index (χ2n) is 6.40. The number of rotatable bonds is 4. The maximum Gasteiger partial charge on any atom is 0.416 e. The van der Waals surface area contributed by atoms with Crippen molar-refractivity contribution in [2.75, 3.05) is 5.32 Å². The summed E-state index contributed by atoms with van der Waals surface area (Å²) in [6, 6.07) is 25.5. The average molecular weight is 391 g/mol. The molecule has 0 bridgehead atoms. The molecule has 0 spiro atoms. The van der Waals surface area contributed by atoms with Crippen LogP contribution in [-0.4, -0.2) is 9.97 Å². The van der Waals surface area contributed by atoms with E-state index < -0.39 is 11.7 Å². The number of nitrogens with one attached hydrogen (secondary N) is 1. The second-order valence-corrected chi connectivity index (χ2v) is 6.40. The van der Waals surface area contributed by atoms with E-state index in [9.17, 15) is 13.2 Å². The highest BCUT2D eigenvalue weighted by Gasteiger charge is 2.30. The Bertz CT molecular complexity index is 1110. The molecule has 3 nitrogen and oxygen atoms in total. The van der Waals surface area contributed by atoms with Gasteiger partial charge in [0.2, 0.25) is 0 Å². The van der Waals surface area contributed by atoms with Crippen LogP contribution in [-0.2, 0) is 6.18 Å². The molecule has 0 radical (unpaired) electrons. The largest absolute Gasteiger partial charge is 0.416 e. The van der Waals surface area contributed by atoms with Gasteiger partial charge in [0.25, 0.3) is 0 Å². The van der Waals surface area contributed by atoms with Crippen LogP contribution in [0.1, 0.15) is 5.56 Å². The highest BCUT2D eigenvalue weighted by atomic mass is 19.4. The average Bonchev–Trinajstić information content (AvgIpc) is 2.74. The van der Waals surface area contributed by atoms with Gasteiger partial charge in [-0.3, -0.25) is 0 Å². The summed E-state index contributed by atoms with van der Waals surface area (Å²) in [6.07, 6.45) is -4.42. The first kappa shape index (κ1) is 18.7. The highest BCUT2D eigenvalue weighted by molar-refractivity contribution is 5.70. The predicted molar refractivity (Wildman–Crippen MR) is 108 cm³/mol. The highest BCUT2D eigenvalue weighted by Crippen LogP contribution is 2.33. The van der Waals surface area contributed by atoms with E-state index in [-0.39, 0.29) is 0 Å². The fraction of sp³-hybridized carbons (Fsp3) is 0.0435. The molecule has 0 saturated carbocycles. The van der Waals surface area contributed by atoms with E-state index in [0.717, 1.165) is 23.4 Å². The summed E-state index contributed by atoms with van der Waals surface area (Å²) < 4.78 is 39.4. The predicted octanol–water partition coefficient (Wildman–Crippen LogP) is 6.57. The standard InChI is InChI=1S/C23H16F3N3/c24-23(25,26)18-11-7-10-17(14-18)20-15-21(27-19-12-5-2-6-13-19)29-22(28-20)16-8-3-1-4-9-16/h1-15H,(H,27,28,29). The molecule has 1 heterocycles. The van der Waals surface area contributed by atoms with Crippen molar-refractivity contribution in [2.24, 2.45) is 0 Å². The molecule has 0 aliphatic rings. The number of alkyl halides is 3. The maximum atomic E-state index is 13.1. The Hall–Kier alpha value is -3.67. The fourth-order valence-electron chi connectivity index (χ4n) is 2.90. The van der Waals surface area contributed by atoms with Crippen molar-refractivity contribution in [3.05, 3.63) is 96.6 Å². The van der Waals surface area contributed by atoms with Crippen molar-refractivity contribution < 1.29 is 13.2 Å². The first-order valence-electron chi connectivity index (χ1n) is 8.93. The molecule has 29 heavy (non-hydrogen) atoms. The molecular formula is C23H16F3N3. The summed E-state index contributed by atoms with van der Waals surface area (Å²) in [5, 5.41) is 3.20. The lowest BCUT2D eigenvalue weighted by Crippen LogP contribution is -2.05. The number of nitrogens with zero attached hydrogens (tertiary/aromatic N) is 2. The molecule has 3 aromatic carbocycles. The Morgan fingerprint density at radius 1 is 0.655 bits per heavy atom. The SMILES string of the molecule is FC(F)(F)c1cccc(-c2cc(Nc3ccccc3)nc(-c3ccccc3)n2)c1. The zero-order valence-corrected chi connectivity index (χ0v) is 15.2. The third-order valence-electron chi connectivity index (χ3n) is 4.29. The number of halogens is 3. The van der Waals surface area contributed by atoms with Gasteiger partial charge in [0, 0.05) is 22.9 Å². The van der Waals surface area contributed by atoms with Crippen LogP contribution in [0.3, 0.4) is 0 Å². The number of anilines is 2. The fourth-order valence-corrected chi connectivity index (χ4v) is 2.90. The van der Waals surface area contributed by atoms with Gasteiger partial charge < -0.3 is 5.32 Å². The van der Waals surface area contributed by atoms with Gasteiger partial charge in [-0.15, -0.1) is 0 Å². The first-order valence-corrected chi connectivity index (χ1v) is 8.93. The van der Waals surface area contributed by atoms with Crippen LogP contribution in [0.15, 0.2) is 91.0 Å². The molecule has 0 atom stereocenters. The molecule has 0 fully saturated rings. The van der Waals surface area contributed by atoms with Gasteiger partial charge in [0.15, 0.2) is 5.82 Å². The van der Waals surface area contributed by atoms with Gasteiger partial charge in [-0.1, -0.05) is 60.7 Å². The van der Waals surface area contributed by atoms with E-state index in [1.807, 2.05) is 60.7 Å². The molecule has 0 aliphatic carbocycles. The quantitative estimate of drug-likeness (QED) is 0.427. The topological polar surface area (TPSA) is 37.8 Å². The van der Waals surface area contributed by atoms with Gasteiger partial charge in [0.05, 0.1) is 11.3 Å². The molecule has 0 amide bonds. The number of hydrogen-bond acceptors (Lipinski definition) is 3. The van der Waals surface area contributed by atoms with Crippen LogP contribution in [0.4, 0.5) is 24.7 Å². The molecule has 0 saturated heterocycles. The first-order chi connectivity index (χ1) is 14.0. The second kappa shape index (κ2) is 7.75. The van der Waals surface area contributed by atoms with Crippen molar-refractivity contribution in [1.29, 1.82) is 0 Å². The van der Waals surface area contributed by atoms with Crippen molar-refractivity contribution in [3.8, 4) is 22.6 Å². The lowest BCUT2D eigenvalue weighted by atomic mass is 10.1. The number of aromatic nitrogens is 2. The summed E-state index contributed by atoms with van der Waals surface area (Å²) in [7, 11) is 0. The van der Waals surface area contributed by atoms with Crippen LogP contribution < -0.4 is 5.32 Å². The van der Waals surface area contributed by atoms with Crippen molar-refractivity contribution in [2.45, 2.75) is 6.18 Å². The van der Waals surface area contributed by atoms with Gasteiger partial charge in [-0.05, 0) is 24.3 Å². The minimum absolute atomic E-state index is 0.371. The molecule has 4 aromatic rings. The zero-order valence-electron chi connectivity index (χ0n) is 15.2. The van der Waals surface area contributed by atoms with Gasteiger partial charge in [0.1, 0.15) is 5.82 Å². The molecule has 0 unspecified atom stereocenters. The Balaban J connectivity index is 1.82. The molecule has 0 aliphatic heterocycles. The number of hydrogen-bond donors (Lipinski definition) is 1. The van der Waals surface area contributed by atoms with E-state index in [2.05, 4.69) is 15.3 Å². The Morgan fingerprint density at radius 3 is 2.00 bits per heavy atom. The molecule has 144 valence electrons. The molecular weight excluding hydrogens is 375 g/mol. The van der Waals surface area contributed by atoms with Crippen LogP contribution in [0.5, 0.6) is 0 Å². The van der Waals surface area contributed by atoms with Crippen LogP contribution >= 0.6 is 0 Å². The Kier molecular flexibility index (Phi) is 4.99. The van der Waals surface area contributed by atoms with Gasteiger partial charge in [-0.25, -0.2) is 9.97 Å². The number of para-hydroxylation sites is 1. The van der Waals surface area contributed by atoms with Crippen LogP contribution in [0.2, 0.25) is 0 Å². The van der Waals surface area contributed by atoms with Gasteiger partial charge >= 0.3 is 6.18 Å². The zero-order chi connectivity index (χ0) is 20.3. The van der Waals surface area contributed by atoms with E-state index in [1.54, 1.807) is 12.1 Å². The molecule has 4 rings (SSSR count). The molecule has 1 aromatic heterocycles. The molecule has 1 N–H and O–H groups in total. The third-order valence-corrected chi connectivity index (χ3v) is 4.29. The summed E-state index contributed by atoms with van der Waals surface area (Å²) in [5.74, 6) is 0.927. The molecule has 6 heteroatoms. The lowest BCUT2D eigenvalue weighted by molar-refractivity contribution is -0.137. The summed E-state index contributed by atoms with van der Waals surface area (Å²) in [6.45, 7) is 0. The monoisotopic (exact) mass is 391 g/mol. The van der Waals surface area contributed by atoms with Gasteiger partial charge in [-0.2, -0.15) is 13.2 Å². The van der Waals surface area contributed by atoms with Crippen molar-refractivity contribution >= 4 is 11.5 Å². The normalized spacial score (nSPS) is 11.3. The Morgan fingerprint density at radius 2 is 1.31 bits per heavy atom. The minimum Gasteiger partial charge on any atom is -0.340 e. The van der Waals surface area contributed by atoms with Crippen LogP contribution in [0, 0.1) is 0 Å². The smallest absolute Gasteiger partial charge is 0.340 e. The van der Waals surface area contributed by atoms with E-state index in [1.165, 1.54) is 6.07 Å². The van der Waals surface area contributed by atoms with E-state index in [4.69, 9.17) is 0 Å². The van der Waals surface area contributed by atoms with Crippen LogP contribution in [0.25, 0.3) is 22.6 Å². The van der Waals surface area contributed by atoms with E-state index >= 15 is 0 Å². The summed E-state index contributed by atoms with van der Waals surface area (Å²) in [5.41, 5.74) is 1.66. The maximum absolute atomic E-state index is 13.1. The van der Waals surface area contributed by atoms with Crippen molar-refractivity contribution in [3.63, 3.8) is 0 Å². The Labute approximate surface area is 165 Å². The van der Waals surface area contributed by atoms with Crippen molar-refractivity contribution in [1.82, 2.24) is 9.97 Å².